The molecule has 0 aromatic rings. The molecule has 0 atom stereocenters. The smallest absolute Gasteiger partial charge is 0.324 e. The molecule has 0 aromatic heterocycles. The summed E-state index contributed by atoms with van der Waals surface area (Å²) in [5.41, 5.74) is 0. The Bertz CT molecular complexity index is 231. The van der Waals surface area contributed by atoms with Crippen molar-refractivity contribution in [2.24, 2.45) is 0 Å². The predicted octanol–water partition coefficient (Wildman–Crippen LogP) is 0.745. The highest BCUT2D eigenvalue weighted by molar-refractivity contribution is 6.01. The van der Waals surface area contributed by atoms with Crippen LogP contribution < -0.4 is 5.32 Å². The van der Waals surface area contributed by atoms with E-state index < -0.39 is 0 Å². The van der Waals surface area contributed by atoms with E-state index in [1.807, 2.05) is 0 Å². The van der Waals surface area contributed by atoms with Gasteiger partial charge in [0.15, 0.2) is 0 Å². The lowest BCUT2D eigenvalue weighted by atomic mass is 10.3. The molecule has 0 bridgehead atoms. The van der Waals surface area contributed by atoms with Gasteiger partial charge in [-0.3, -0.25) is 10.1 Å². The Balaban J connectivity index is 2.00. The number of rotatable bonds is 7. The molecule has 15 heavy (non-hydrogen) atoms. The Morgan fingerprint density at radius 1 is 1.33 bits per heavy atom. The third kappa shape index (κ3) is 4.29. The molecular formula is C10H18N2O3. The van der Waals surface area contributed by atoms with Crippen LogP contribution in [-0.2, 0) is 9.53 Å². The van der Waals surface area contributed by atoms with E-state index in [-0.39, 0.29) is 18.5 Å². The van der Waals surface area contributed by atoms with Crippen molar-refractivity contribution in [1.82, 2.24) is 10.2 Å². The fraction of sp³-hybridized carbons (Fsp3) is 0.800. The first-order valence-electron chi connectivity index (χ1n) is 5.40. The highest BCUT2D eigenvalue weighted by Gasteiger charge is 2.25. The van der Waals surface area contributed by atoms with Crippen LogP contribution in [0.15, 0.2) is 0 Å². The monoisotopic (exact) mass is 214 g/mol. The lowest BCUT2D eigenvalue weighted by Gasteiger charge is -2.12. The van der Waals surface area contributed by atoms with Gasteiger partial charge in [-0.1, -0.05) is 13.3 Å². The first-order chi connectivity index (χ1) is 7.24. The van der Waals surface area contributed by atoms with E-state index in [1.165, 1.54) is 4.90 Å². The molecule has 1 aliphatic heterocycles. The Labute approximate surface area is 89.8 Å². The molecule has 5 nitrogen and oxygen atoms in total. The molecule has 0 spiro atoms. The zero-order chi connectivity index (χ0) is 11.1. The van der Waals surface area contributed by atoms with E-state index in [2.05, 4.69) is 12.2 Å². The van der Waals surface area contributed by atoms with Gasteiger partial charge >= 0.3 is 6.03 Å². The summed E-state index contributed by atoms with van der Waals surface area (Å²) in [6.07, 6.45) is 2.98. The third-order valence-corrected chi connectivity index (χ3v) is 2.23. The number of imide groups is 1. The van der Waals surface area contributed by atoms with E-state index in [9.17, 15) is 9.59 Å². The molecule has 1 N–H and O–H groups in total. The molecule has 1 saturated heterocycles. The van der Waals surface area contributed by atoms with Gasteiger partial charge in [0.1, 0.15) is 6.54 Å². The van der Waals surface area contributed by atoms with Crippen LogP contribution in [0.4, 0.5) is 4.79 Å². The number of nitrogens with zero attached hydrogens (tertiary/aromatic N) is 1. The largest absolute Gasteiger partial charge is 0.381 e. The fourth-order valence-electron chi connectivity index (χ4n) is 1.37. The molecule has 0 saturated carbocycles. The third-order valence-electron chi connectivity index (χ3n) is 2.23. The minimum absolute atomic E-state index is 0.188. The summed E-state index contributed by atoms with van der Waals surface area (Å²) in [5, 5.41) is 2.24. The number of hydrogen-bond donors (Lipinski definition) is 1. The number of amides is 3. The first-order valence-corrected chi connectivity index (χ1v) is 5.40. The van der Waals surface area contributed by atoms with E-state index in [4.69, 9.17) is 4.74 Å². The number of unbranched alkanes of at least 4 members (excludes halogenated alkanes) is 1. The molecule has 1 heterocycles. The van der Waals surface area contributed by atoms with Crippen molar-refractivity contribution in [2.75, 3.05) is 26.3 Å². The maximum Gasteiger partial charge on any atom is 0.324 e. The number of hydrogen-bond acceptors (Lipinski definition) is 3. The first kappa shape index (κ1) is 12.0. The fourth-order valence-corrected chi connectivity index (χ4v) is 1.37. The second-order valence-corrected chi connectivity index (χ2v) is 3.59. The number of carbonyl (C=O) groups is 2. The Kier molecular flexibility index (Phi) is 5.10. The average Bonchev–Trinajstić information content (AvgIpc) is 2.51. The zero-order valence-corrected chi connectivity index (χ0v) is 9.12. The summed E-state index contributed by atoms with van der Waals surface area (Å²) in [6, 6.07) is -0.284. The molecular weight excluding hydrogens is 196 g/mol. The van der Waals surface area contributed by atoms with E-state index in [0.717, 1.165) is 25.9 Å². The van der Waals surface area contributed by atoms with Crippen LogP contribution in [0.1, 0.15) is 26.2 Å². The number of urea groups is 1. The topological polar surface area (TPSA) is 58.6 Å². The molecule has 1 rings (SSSR count). The number of carbonyl (C=O) groups excluding carboxylic acids is 2. The quantitative estimate of drug-likeness (QED) is 0.502. The van der Waals surface area contributed by atoms with Crippen molar-refractivity contribution in [1.29, 1.82) is 0 Å². The molecule has 0 aliphatic carbocycles. The van der Waals surface area contributed by atoms with Gasteiger partial charge in [0, 0.05) is 19.8 Å². The highest BCUT2D eigenvalue weighted by Crippen LogP contribution is 1.99. The normalized spacial score (nSPS) is 15.9. The molecule has 5 heteroatoms. The predicted molar refractivity (Wildman–Crippen MR) is 55.5 cm³/mol. The van der Waals surface area contributed by atoms with Gasteiger partial charge in [0.2, 0.25) is 5.91 Å². The van der Waals surface area contributed by atoms with Crippen molar-refractivity contribution in [3.05, 3.63) is 0 Å². The second-order valence-electron chi connectivity index (χ2n) is 3.59. The summed E-state index contributed by atoms with van der Waals surface area (Å²) in [6.45, 7) is 4.32. The van der Waals surface area contributed by atoms with Crippen LogP contribution in [0.3, 0.4) is 0 Å². The summed E-state index contributed by atoms with van der Waals surface area (Å²) in [7, 11) is 0. The van der Waals surface area contributed by atoms with Gasteiger partial charge in [-0.25, -0.2) is 4.79 Å². The average molecular weight is 214 g/mol. The zero-order valence-electron chi connectivity index (χ0n) is 9.12. The van der Waals surface area contributed by atoms with E-state index in [1.54, 1.807) is 0 Å². The van der Waals surface area contributed by atoms with Gasteiger partial charge in [-0.15, -0.1) is 0 Å². The van der Waals surface area contributed by atoms with Gasteiger partial charge in [0.05, 0.1) is 0 Å². The van der Waals surface area contributed by atoms with Crippen LogP contribution in [0.2, 0.25) is 0 Å². The molecule has 1 aliphatic rings. The molecule has 3 amide bonds. The number of nitrogens with one attached hydrogen (secondary N) is 1. The van der Waals surface area contributed by atoms with Crippen molar-refractivity contribution < 1.29 is 14.3 Å². The minimum Gasteiger partial charge on any atom is -0.381 e. The lowest BCUT2D eigenvalue weighted by Crippen LogP contribution is -2.29. The Morgan fingerprint density at radius 3 is 2.67 bits per heavy atom. The van der Waals surface area contributed by atoms with Crippen LogP contribution in [0.25, 0.3) is 0 Å². The molecule has 0 aromatic carbocycles. The second kappa shape index (κ2) is 6.40. The van der Waals surface area contributed by atoms with E-state index >= 15 is 0 Å². The van der Waals surface area contributed by atoms with Crippen molar-refractivity contribution >= 4 is 11.9 Å². The van der Waals surface area contributed by atoms with Gasteiger partial charge in [-0.2, -0.15) is 0 Å². The van der Waals surface area contributed by atoms with Crippen LogP contribution in [-0.4, -0.2) is 43.1 Å². The lowest BCUT2D eigenvalue weighted by molar-refractivity contribution is -0.118. The van der Waals surface area contributed by atoms with Gasteiger partial charge in [-0.05, 0) is 12.8 Å². The van der Waals surface area contributed by atoms with Crippen molar-refractivity contribution in [3.8, 4) is 0 Å². The Hall–Kier alpha value is -1.10. The van der Waals surface area contributed by atoms with Crippen LogP contribution in [0, 0.1) is 0 Å². The Morgan fingerprint density at radius 2 is 2.07 bits per heavy atom. The summed E-state index contributed by atoms with van der Waals surface area (Å²) in [4.78, 5) is 23.4. The minimum atomic E-state index is -0.284. The van der Waals surface area contributed by atoms with Crippen LogP contribution in [0.5, 0.6) is 0 Å². The van der Waals surface area contributed by atoms with Crippen molar-refractivity contribution in [3.63, 3.8) is 0 Å². The summed E-state index contributed by atoms with van der Waals surface area (Å²) in [5.74, 6) is -0.216. The molecule has 1 fully saturated rings. The van der Waals surface area contributed by atoms with Gasteiger partial charge < -0.3 is 9.64 Å². The van der Waals surface area contributed by atoms with E-state index in [0.29, 0.717) is 13.2 Å². The van der Waals surface area contributed by atoms with Crippen LogP contribution >= 0.6 is 0 Å². The highest BCUT2D eigenvalue weighted by atomic mass is 16.5. The molecule has 86 valence electrons. The summed E-state index contributed by atoms with van der Waals surface area (Å²) >= 11 is 0. The molecule has 0 radical (unpaired) electrons. The maximum atomic E-state index is 11.1. The SMILES string of the molecule is CCCCOCCCN1CC(=O)NC1=O. The molecule has 0 unspecified atom stereocenters. The maximum absolute atomic E-state index is 11.1. The van der Waals surface area contributed by atoms with Gasteiger partial charge in [0.25, 0.3) is 0 Å². The standard InChI is InChI=1S/C10H18N2O3/c1-2-3-6-15-7-4-5-12-8-9(13)11-10(12)14/h2-8H2,1H3,(H,11,13,14). The van der Waals surface area contributed by atoms with Crippen molar-refractivity contribution in [2.45, 2.75) is 26.2 Å². The summed E-state index contributed by atoms with van der Waals surface area (Å²) < 4.78 is 5.35. The number of ether oxygens (including phenoxy) is 1.